The third-order valence-corrected chi connectivity index (χ3v) is 3.89. The van der Waals surface area contributed by atoms with Gasteiger partial charge in [-0.15, -0.1) is 0 Å². The lowest BCUT2D eigenvalue weighted by Gasteiger charge is -2.18. The Balaban J connectivity index is 2.16. The molecular weight excluding hydrogens is 371 g/mol. The molecule has 8 heteroatoms. The largest absolute Gasteiger partial charge is 0.550 e. The minimum Gasteiger partial charge on any atom is -0.550 e. The minimum absolute atomic E-state index is 0.0655. The van der Waals surface area contributed by atoms with Crippen LogP contribution in [-0.2, 0) is 22.2 Å². The third-order valence-electron chi connectivity index (χ3n) is 3.64. The number of aliphatic carboxylic acids is 1. The topological polar surface area (TPSA) is 69.2 Å². The van der Waals surface area contributed by atoms with E-state index >= 15 is 0 Å². The van der Waals surface area contributed by atoms with Gasteiger partial charge in [-0.25, -0.2) is 0 Å². The number of hydrogen-bond acceptors (Lipinski definition) is 3. The van der Waals surface area contributed by atoms with E-state index in [1.807, 2.05) is 0 Å². The molecule has 0 heterocycles. The lowest BCUT2D eigenvalue weighted by atomic mass is 9.95. The van der Waals surface area contributed by atoms with Crippen LogP contribution in [0.1, 0.15) is 17.5 Å². The number of carbonyl (C=O) groups is 2. The molecule has 0 aromatic heterocycles. The molecule has 0 radical (unpaired) electrons. The summed E-state index contributed by atoms with van der Waals surface area (Å²) in [5.41, 5.74) is -0.312. The zero-order valence-corrected chi connectivity index (χ0v) is 14.1. The van der Waals surface area contributed by atoms with Crippen molar-refractivity contribution in [1.82, 2.24) is 0 Å². The summed E-state index contributed by atoms with van der Waals surface area (Å²) in [6.45, 7) is 0. The molecule has 26 heavy (non-hydrogen) atoms. The Kier molecular flexibility index (Phi) is 6.26. The van der Waals surface area contributed by atoms with Crippen LogP contribution in [0.3, 0.4) is 0 Å². The van der Waals surface area contributed by atoms with Crippen LogP contribution in [0.4, 0.5) is 18.9 Å². The molecule has 1 atom stereocenters. The van der Waals surface area contributed by atoms with E-state index < -0.39 is 36.0 Å². The van der Waals surface area contributed by atoms with E-state index in [1.165, 1.54) is 6.07 Å². The van der Waals surface area contributed by atoms with Crippen molar-refractivity contribution in [2.24, 2.45) is 5.92 Å². The Morgan fingerprint density at radius 3 is 2.35 bits per heavy atom. The molecule has 1 amide bonds. The average molecular weight is 385 g/mol. The first-order chi connectivity index (χ1) is 12.1. The number of rotatable bonds is 6. The summed E-state index contributed by atoms with van der Waals surface area (Å²) in [4.78, 5) is 23.3. The van der Waals surface area contributed by atoms with Crippen LogP contribution in [-0.4, -0.2) is 11.9 Å². The molecule has 0 aliphatic rings. The Labute approximate surface area is 152 Å². The molecular formula is C18H14ClF3NO3-. The summed E-state index contributed by atoms with van der Waals surface area (Å²) in [6.07, 6.45) is -5.03. The predicted molar refractivity (Wildman–Crippen MR) is 88.3 cm³/mol. The summed E-state index contributed by atoms with van der Waals surface area (Å²) in [5, 5.41) is 13.8. The van der Waals surface area contributed by atoms with Crippen LogP contribution in [0.5, 0.6) is 0 Å². The summed E-state index contributed by atoms with van der Waals surface area (Å²) in [6, 6.07) is 10.6. The third kappa shape index (κ3) is 5.77. The molecule has 0 bridgehead atoms. The fraction of sp³-hybridized carbons (Fsp3) is 0.222. The predicted octanol–water partition coefficient (Wildman–Crippen LogP) is 3.30. The minimum atomic E-state index is -4.55. The molecule has 1 unspecified atom stereocenters. The first-order valence-electron chi connectivity index (χ1n) is 7.57. The zero-order chi connectivity index (χ0) is 19.3. The Bertz CT molecular complexity index is 791. The van der Waals surface area contributed by atoms with Crippen LogP contribution >= 0.6 is 11.6 Å². The lowest BCUT2D eigenvalue weighted by Crippen LogP contribution is -2.32. The molecule has 0 fully saturated rings. The van der Waals surface area contributed by atoms with Crippen molar-refractivity contribution in [3.8, 4) is 0 Å². The summed E-state index contributed by atoms with van der Waals surface area (Å²) in [7, 11) is 0. The molecule has 0 spiro atoms. The molecule has 1 N–H and O–H groups in total. The summed E-state index contributed by atoms with van der Waals surface area (Å²) >= 11 is 5.78. The second kappa shape index (κ2) is 8.23. The number of hydrogen-bond donors (Lipinski definition) is 1. The molecule has 2 rings (SSSR count). The van der Waals surface area contributed by atoms with Crippen LogP contribution < -0.4 is 10.4 Å². The van der Waals surface area contributed by atoms with Gasteiger partial charge in [-0.05, 0) is 48.7 Å². The molecule has 0 aliphatic heterocycles. The van der Waals surface area contributed by atoms with E-state index in [4.69, 9.17) is 11.6 Å². The molecule has 2 aromatic rings. The zero-order valence-electron chi connectivity index (χ0n) is 13.3. The Hall–Kier alpha value is -2.54. The maximum atomic E-state index is 12.7. The second-order valence-electron chi connectivity index (χ2n) is 5.67. The number of amides is 1. The van der Waals surface area contributed by atoms with Gasteiger partial charge < -0.3 is 15.2 Å². The maximum Gasteiger partial charge on any atom is 0.416 e. The van der Waals surface area contributed by atoms with Crippen molar-refractivity contribution in [3.05, 3.63) is 64.7 Å². The highest BCUT2D eigenvalue weighted by atomic mass is 35.5. The van der Waals surface area contributed by atoms with Crippen LogP contribution in [0.25, 0.3) is 0 Å². The fourth-order valence-electron chi connectivity index (χ4n) is 2.38. The number of halogens is 4. The average Bonchev–Trinajstić information content (AvgIpc) is 2.55. The Morgan fingerprint density at radius 1 is 1.12 bits per heavy atom. The quantitative estimate of drug-likeness (QED) is 0.830. The molecule has 0 saturated heterocycles. The van der Waals surface area contributed by atoms with Crippen LogP contribution in [0.15, 0.2) is 48.5 Å². The number of carboxylic acids is 1. The standard InChI is InChI=1S/C18H15ClF3NO3/c19-14-6-4-11(5-7-14)8-12(9-16(24)25)17(26)23-15-3-1-2-13(10-15)18(20,21)22/h1-7,10,12H,8-9H2,(H,23,26)(H,24,25)/p-1. The number of carboxylic acid groups (broad SMARTS) is 1. The van der Waals surface area contributed by atoms with Crippen molar-refractivity contribution < 1.29 is 27.9 Å². The van der Waals surface area contributed by atoms with Gasteiger partial charge in [0.1, 0.15) is 0 Å². The number of nitrogens with one attached hydrogen (secondary N) is 1. The summed E-state index contributed by atoms with van der Waals surface area (Å²) in [5.74, 6) is -3.14. The van der Waals surface area contributed by atoms with Gasteiger partial charge in [0.2, 0.25) is 5.91 Å². The first-order valence-corrected chi connectivity index (χ1v) is 7.95. The molecule has 2 aromatic carbocycles. The molecule has 0 saturated carbocycles. The van der Waals surface area contributed by atoms with Crippen molar-refractivity contribution in [2.75, 3.05) is 5.32 Å². The van der Waals surface area contributed by atoms with Crippen molar-refractivity contribution >= 4 is 29.2 Å². The van der Waals surface area contributed by atoms with Gasteiger partial charge in [0.05, 0.1) is 5.56 Å². The monoisotopic (exact) mass is 384 g/mol. The molecule has 138 valence electrons. The summed E-state index contributed by atoms with van der Waals surface area (Å²) < 4.78 is 38.2. The number of carbonyl (C=O) groups excluding carboxylic acids is 2. The van der Waals surface area contributed by atoms with Gasteiger partial charge in [-0.1, -0.05) is 29.8 Å². The normalized spacial score (nSPS) is 12.5. The van der Waals surface area contributed by atoms with Gasteiger partial charge in [-0.2, -0.15) is 13.2 Å². The van der Waals surface area contributed by atoms with Gasteiger partial charge in [0, 0.05) is 22.6 Å². The van der Waals surface area contributed by atoms with Crippen LogP contribution in [0.2, 0.25) is 5.02 Å². The fourth-order valence-corrected chi connectivity index (χ4v) is 2.51. The smallest absolute Gasteiger partial charge is 0.416 e. The van der Waals surface area contributed by atoms with Gasteiger partial charge in [0.25, 0.3) is 0 Å². The molecule has 0 aliphatic carbocycles. The van der Waals surface area contributed by atoms with E-state index in [-0.39, 0.29) is 12.1 Å². The maximum absolute atomic E-state index is 12.7. The van der Waals surface area contributed by atoms with Gasteiger partial charge in [-0.3, -0.25) is 4.79 Å². The highest BCUT2D eigenvalue weighted by Gasteiger charge is 2.30. The van der Waals surface area contributed by atoms with Crippen LogP contribution in [0, 0.1) is 5.92 Å². The van der Waals surface area contributed by atoms with Gasteiger partial charge >= 0.3 is 6.18 Å². The first kappa shape index (κ1) is 19.8. The van der Waals surface area contributed by atoms with Gasteiger partial charge in [0.15, 0.2) is 0 Å². The Morgan fingerprint density at radius 2 is 1.77 bits per heavy atom. The van der Waals surface area contributed by atoms with Crippen molar-refractivity contribution in [2.45, 2.75) is 19.0 Å². The van der Waals surface area contributed by atoms with E-state index in [1.54, 1.807) is 24.3 Å². The van der Waals surface area contributed by atoms with Crippen molar-refractivity contribution in [3.63, 3.8) is 0 Å². The molecule has 4 nitrogen and oxygen atoms in total. The van der Waals surface area contributed by atoms with E-state index in [2.05, 4.69) is 5.32 Å². The highest BCUT2D eigenvalue weighted by molar-refractivity contribution is 6.30. The van der Waals surface area contributed by atoms with Crippen molar-refractivity contribution in [1.29, 1.82) is 0 Å². The number of benzene rings is 2. The van der Waals surface area contributed by atoms with E-state index in [0.29, 0.717) is 10.6 Å². The lowest BCUT2D eigenvalue weighted by molar-refractivity contribution is -0.306. The number of alkyl halides is 3. The van der Waals surface area contributed by atoms with E-state index in [9.17, 15) is 27.9 Å². The van der Waals surface area contributed by atoms with E-state index in [0.717, 1.165) is 18.2 Å². The highest BCUT2D eigenvalue weighted by Crippen LogP contribution is 2.30. The SMILES string of the molecule is O=C([O-])CC(Cc1ccc(Cl)cc1)C(=O)Nc1cccc(C(F)(F)F)c1. The second-order valence-corrected chi connectivity index (χ2v) is 6.11. The number of anilines is 1.